The fourth-order valence-corrected chi connectivity index (χ4v) is 2.09. The highest BCUT2D eigenvalue weighted by molar-refractivity contribution is 5.51. The molecule has 0 spiro atoms. The van der Waals surface area contributed by atoms with E-state index in [2.05, 4.69) is 5.32 Å². The van der Waals surface area contributed by atoms with Gasteiger partial charge in [0.05, 0.1) is 6.10 Å². The third-order valence-corrected chi connectivity index (χ3v) is 3.21. The molecule has 2 aromatic carbocycles. The van der Waals surface area contributed by atoms with E-state index in [1.807, 2.05) is 31.2 Å². The molecule has 106 valence electrons. The molecule has 0 radical (unpaired) electrons. The van der Waals surface area contributed by atoms with Gasteiger partial charge in [-0.25, -0.2) is 8.78 Å². The van der Waals surface area contributed by atoms with Crippen molar-refractivity contribution in [1.82, 2.24) is 0 Å². The number of aliphatic hydroxyl groups is 1. The zero-order chi connectivity index (χ0) is 14.5. The van der Waals surface area contributed by atoms with E-state index in [-0.39, 0.29) is 12.1 Å². The molecule has 2 aromatic rings. The number of rotatable bonds is 5. The van der Waals surface area contributed by atoms with Crippen molar-refractivity contribution in [1.29, 1.82) is 0 Å². The topological polar surface area (TPSA) is 32.3 Å². The summed E-state index contributed by atoms with van der Waals surface area (Å²) in [4.78, 5) is 0. The van der Waals surface area contributed by atoms with E-state index in [9.17, 15) is 13.9 Å². The monoisotopic (exact) mass is 277 g/mol. The molecule has 0 amide bonds. The number of aryl methyl sites for hydroxylation is 1. The zero-order valence-electron chi connectivity index (χ0n) is 11.2. The molecule has 0 aliphatic carbocycles. The van der Waals surface area contributed by atoms with Crippen LogP contribution in [0.5, 0.6) is 0 Å². The van der Waals surface area contributed by atoms with E-state index in [4.69, 9.17) is 0 Å². The molecule has 0 fully saturated rings. The van der Waals surface area contributed by atoms with Gasteiger partial charge in [0, 0.05) is 23.9 Å². The molecule has 2 nitrogen and oxygen atoms in total. The van der Waals surface area contributed by atoms with E-state index in [0.717, 1.165) is 29.8 Å². The molecule has 4 heteroatoms. The summed E-state index contributed by atoms with van der Waals surface area (Å²) in [6.07, 6.45) is -0.162. The van der Waals surface area contributed by atoms with Crippen molar-refractivity contribution < 1.29 is 13.9 Å². The van der Waals surface area contributed by atoms with E-state index >= 15 is 0 Å². The van der Waals surface area contributed by atoms with E-state index in [1.165, 1.54) is 6.07 Å². The zero-order valence-corrected chi connectivity index (χ0v) is 11.2. The lowest BCUT2D eigenvalue weighted by atomic mass is 10.1. The molecule has 0 bridgehead atoms. The third-order valence-electron chi connectivity index (χ3n) is 3.21. The van der Waals surface area contributed by atoms with Gasteiger partial charge < -0.3 is 10.4 Å². The molecule has 0 aromatic heterocycles. The van der Waals surface area contributed by atoms with Crippen molar-refractivity contribution in [3.63, 3.8) is 0 Å². The molecule has 0 heterocycles. The average Bonchev–Trinajstić information content (AvgIpc) is 2.45. The molecular weight excluding hydrogens is 260 g/mol. The Morgan fingerprint density at radius 2 is 1.90 bits per heavy atom. The largest absolute Gasteiger partial charge is 0.386 e. The molecule has 0 saturated carbocycles. The lowest BCUT2D eigenvalue weighted by Gasteiger charge is -2.16. The molecule has 2 N–H and O–H groups in total. The summed E-state index contributed by atoms with van der Waals surface area (Å²) in [5.41, 5.74) is 2.13. The fraction of sp³-hybridized carbons (Fsp3) is 0.250. The summed E-state index contributed by atoms with van der Waals surface area (Å²) in [5, 5.41) is 13.1. The number of nitrogens with one attached hydrogen (secondary N) is 1. The number of para-hydroxylation sites is 1. The molecule has 2 rings (SSSR count). The maximum absolute atomic E-state index is 13.5. The summed E-state index contributed by atoms with van der Waals surface area (Å²) < 4.78 is 26.4. The molecular formula is C16H17F2NO. The second-order valence-corrected chi connectivity index (χ2v) is 4.57. The van der Waals surface area contributed by atoms with Crippen LogP contribution in [-0.2, 0) is 6.42 Å². The number of aliphatic hydroxyl groups excluding tert-OH is 1. The Morgan fingerprint density at radius 1 is 1.15 bits per heavy atom. The number of anilines is 1. The minimum absolute atomic E-state index is 0.0906. The second kappa shape index (κ2) is 6.48. The van der Waals surface area contributed by atoms with Crippen LogP contribution >= 0.6 is 0 Å². The number of hydrogen-bond donors (Lipinski definition) is 2. The minimum atomic E-state index is -1.03. The van der Waals surface area contributed by atoms with Gasteiger partial charge in [-0.1, -0.05) is 31.2 Å². The lowest BCUT2D eigenvalue weighted by molar-refractivity contribution is 0.186. The van der Waals surface area contributed by atoms with Crippen LogP contribution in [-0.4, -0.2) is 11.7 Å². The summed E-state index contributed by atoms with van der Waals surface area (Å²) >= 11 is 0. The van der Waals surface area contributed by atoms with Crippen LogP contribution in [0.3, 0.4) is 0 Å². The minimum Gasteiger partial charge on any atom is -0.386 e. The Hall–Kier alpha value is -1.94. The van der Waals surface area contributed by atoms with Crippen LogP contribution in [0.2, 0.25) is 0 Å². The number of benzene rings is 2. The highest BCUT2D eigenvalue weighted by Gasteiger charge is 2.13. The van der Waals surface area contributed by atoms with Crippen molar-refractivity contribution in [2.24, 2.45) is 0 Å². The molecule has 1 unspecified atom stereocenters. The van der Waals surface area contributed by atoms with Gasteiger partial charge in [0.2, 0.25) is 0 Å². The quantitative estimate of drug-likeness (QED) is 0.874. The Kier molecular flexibility index (Phi) is 4.69. The summed E-state index contributed by atoms with van der Waals surface area (Å²) in [6, 6.07) is 10.9. The van der Waals surface area contributed by atoms with Gasteiger partial charge in [0.1, 0.15) is 11.6 Å². The van der Waals surface area contributed by atoms with Crippen LogP contribution in [0.25, 0.3) is 0 Å². The van der Waals surface area contributed by atoms with Crippen molar-refractivity contribution in [3.8, 4) is 0 Å². The predicted molar refractivity (Wildman–Crippen MR) is 75.6 cm³/mol. The standard InChI is InChI=1S/C16H17F2NO/c1-2-11-5-3-4-6-15(11)19-10-16(20)13-8-7-12(17)9-14(13)18/h3-9,16,19-20H,2,10H2,1H3. The smallest absolute Gasteiger partial charge is 0.131 e. The van der Waals surface area contributed by atoms with Gasteiger partial charge in [0.25, 0.3) is 0 Å². The lowest BCUT2D eigenvalue weighted by Crippen LogP contribution is -2.14. The van der Waals surface area contributed by atoms with Crippen LogP contribution in [0, 0.1) is 11.6 Å². The van der Waals surface area contributed by atoms with Crippen molar-refractivity contribution >= 4 is 5.69 Å². The van der Waals surface area contributed by atoms with Crippen LogP contribution < -0.4 is 5.32 Å². The van der Waals surface area contributed by atoms with Gasteiger partial charge in [-0.3, -0.25) is 0 Å². The Morgan fingerprint density at radius 3 is 2.60 bits per heavy atom. The Balaban J connectivity index is 2.06. The highest BCUT2D eigenvalue weighted by atomic mass is 19.1. The van der Waals surface area contributed by atoms with Crippen LogP contribution in [0.4, 0.5) is 14.5 Å². The summed E-state index contributed by atoms with van der Waals surface area (Å²) in [7, 11) is 0. The third kappa shape index (κ3) is 3.33. The van der Waals surface area contributed by atoms with Crippen molar-refractivity contribution in [3.05, 3.63) is 65.2 Å². The maximum atomic E-state index is 13.5. The van der Waals surface area contributed by atoms with Gasteiger partial charge >= 0.3 is 0 Å². The molecule has 20 heavy (non-hydrogen) atoms. The first-order valence-electron chi connectivity index (χ1n) is 6.56. The van der Waals surface area contributed by atoms with E-state index in [1.54, 1.807) is 0 Å². The first-order chi connectivity index (χ1) is 9.61. The second-order valence-electron chi connectivity index (χ2n) is 4.57. The Bertz CT molecular complexity index is 586. The molecule has 1 atom stereocenters. The predicted octanol–water partition coefficient (Wildman–Crippen LogP) is 3.67. The average molecular weight is 277 g/mol. The Labute approximate surface area is 117 Å². The maximum Gasteiger partial charge on any atom is 0.131 e. The first-order valence-corrected chi connectivity index (χ1v) is 6.56. The molecule has 0 aliphatic rings. The van der Waals surface area contributed by atoms with E-state index in [0.29, 0.717) is 0 Å². The number of hydrogen-bond acceptors (Lipinski definition) is 2. The van der Waals surface area contributed by atoms with Crippen LogP contribution in [0.15, 0.2) is 42.5 Å². The van der Waals surface area contributed by atoms with Gasteiger partial charge in [-0.15, -0.1) is 0 Å². The van der Waals surface area contributed by atoms with Crippen molar-refractivity contribution in [2.45, 2.75) is 19.4 Å². The molecule has 0 saturated heterocycles. The van der Waals surface area contributed by atoms with Crippen LogP contribution in [0.1, 0.15) is 24.2 Å². The summed E-state index contributed by atoms with van der Waals surface area (Å²) in [5.74, 6) is -1.38. The summed E-state index contributed by atoms with van der Waals surface area (Å²) in [6.45, 7) is 2.20. The van der Waals surface area contributed by atoms with Gasteiger partial charge in [-0.2, -0.15) is 0 Å². The normalized spacial score (nSPS) is 12.2. The van der Waals surface area contributed by atoms with Crippen molar-refractivity contribution in [2.75, 3.05) is 11.9 Å². The SMILES string of the molecule is CCc1ccccc1NCC(O)c1ccc(F)cc1F. The highest BCUT2D eigenvalue weighted by Crippen LogP contribution is 2.20. The molecule has 0 aliphatic heterocycles. The fourth-order valence-electron chi connectivity index (χ4n) is 2.09. The van der Waals surface area contributed by atoms with Gasteiger partial charge in [0.15, 0.2) is 0 Å². The number of halogens is 2. The van der Waals surface area contributed by atoms with E-state index < -0.39 is 17.7 Å². The first kappa shape index (κ1) is 14.5. The van der Waals surface area contributed by atoms with Gasteiger partial charge in [-0.05, 0) is 24.1 Å².